The molecule has 0 aliphatic heterocycles. The molecule has 142 valence electrons. The highest BCUT2D eigenvalue weighted by Crippen LogP contribution is 2.27. The fourth-order valence-electron chi connectivity index (χ4n) is 2.61. The summed E-state index contributed by atoms with van der Waals surface area (Å²) in [6.07, 6.45) is 4.89. The minimum absolute atomic E-state index is 0.294. The van der Waals surface area contributed by atoms with Gasteiger partial charge in [0, 0.05) is 18.5 Å². The first-order chi connectivity index (χ1) is 12.7. The van der Waals surface area contributed by atoms with Gasteiger partial charge in [-0.05, 0) is 54.8 Å². The summed E-state index contributed by atoms with van der Waals surface area (Å²) >= 11 is 3.26. The first-order valence-corrected chi connectivity index (χ1v) is 9.26. The van der Waals surface area contributed by atoms with Crippen LogP contribution in [0.15, 0.2) is 41.3 Å². The number of ether oxygens (including phenoxy) is 1. The van der Waals surface area contributed by atoms with Gasteiger partial charge in [-0.1, -0.05) is 6.07 Å². The topological polar surface area (TPSA) is 88.8 Å². The number of carbonyl (C=O) groups excluding carboxylic acids is 1. The van der Waals surface area contributed by atoms with E-state index in [1.807, 2.05) is 10.6 Å². The second-order valence-electron chi connectivity index (χ2n) is 6.87. The number of rotatable bonds is 6. The summed E-state index contributed by atoms with van der Waals surface area (Å²) in [6.45, 7) is 3.55. The lowest BCUT2D eigenvalue weighted by Crippen LogP contribution is -2.19. The minimum Gasteiger partial charge on any atom is -0.494 e. The van der Waals surface area contributed by atoms with Gasteiger partial charge >= 0.3 is 0 Å². The number of imidazole rings is 1. The van der Waals surface area contributed by atoms with Crippen LogP contribution < -0.4 is 10.1 Å². The molecule has 0 aliphatic rings. The Hall–Kier alpha value is -2.45. The number of halogens is 1. The molecule has 2 N–H and O–H groups in total. The van der Waals surface area contributed by atoms with E-state index in [1.54, 1.807) is 44.3 Å². The van der Waals surface area contributed by atoms with Crippen molar-refractivity contribution in [2.75, 3.05) is 12.4 Å². The van der Waals surface area contributed by atoms with E-state index >= 15 is 0 Å². The number of aromatic nitrogens is 3. The Morgan fingerprint density at radius 2 is 2.11 bits per heavy atom. The summed E-state index contributed by atoms with van der Waals surface area (Å²) in [5.74, 6) is 0.168. The number of pyridine rings is 2. The first-order valence-electron chi connectivity index (χ1n) is 8.47. The molecule has 0 saturated heterocycles. The predicted molar refractivity (Wildman–Crippen MR) is 106 cm³/mol. The molecule has 0 saturated carbocycles. The fraction of sp³-hybridized carbons (Fsp3) is 0.316. The number of amides is 1. The molecule has 3 aromatic heterocycles. The molecular formula is C19H21BrN4O3. The normalized spacial score (nSPS) is 11.6. The zero-order valence-electron chi connectivity index (χ0n) is 15.4. The summed E-state index contributed by atoms with van der Waals surface area (Å²) in [7, 11) is 1.54. The molecule has 0 fully saturated rings. The molecule has 0 spiro atoms. The van der Waals surface area contributed by atoms with E-state index in [9.17, 15) is 9.90 Å². The number of aliphatic hydroxyl groups is 1. The predicted octanol–water partition coefficient (Wildman–Crippen LogP) is 3.46. The number of nitrogens with one attached hydrogen (secondary N) is 1. The van der Waals surface area contributed by atoms with Gasteiger partial charge in [0.25, 0.3) is 5.91 Å². The summed E-state index contributed by atoms with van der Waals surface area (Å²) in [5.41, 5.74) is 1.63. The maximum absolute atomic E-state index is 12.5. The molecule has 0 aromatic carbocycles. The number of methoxy groups -OCH3 is 1. The molecule has 0 radical (unpaired) electrons. The van der Waals surface area contributed by atoms with Crippen LogP contribution in [0.4, 0.5) is 5.69 Å². The molecule has 0 bridgehead atoms. The van der Waals surface area contributed by atoms with E-state index in [4.69, 9.17) is 4.74 Å². The average Bonchev–Trinajstić information content (AvgIpc) is 3.00. The Labute approximate surface area is 165 Å². The van der Waals surface area contributed by atoms with Crippen molar-refractivity contribution >= 4 is 33.2 Å². The number of carbonyl (C=O) groups is 1. The van der Waals surface area contributed by atoms with Crippen LogP contribution in [0.5, 0.6) is 5.75 Å². The summed E-state index contributed by atoms with van der Waals surface area (Å²) in [5, 5.41) is 12.7. The highest BCUT2D eigenvalue weighted by molar-refractivity contribution is 9.10. The van der Waals surface area contributed by atoms with Gasteiger partial charge in [0.05, 0.1) is 18.4 Å². The average molecular weight is 433 g/mol. The van der Waals surface area contributed by atoms with Crippen LogP contribution in [0.2, 0.25) is 0 Å². The van der Waals surface area contributed by atoms with Crippen LogP contribution in [0, 0.1) is 0 Å². The SMILES string of the molecule is COc1cc2nc(CCC(C)(C)O)cn2cc1NC(=O)c1cccc(Br)n1. The molecule has 3 rings (SSSR count). The zero-order chi connectivity index (χ0) is 19.6. The van der Waals surface area contributed by atoms with Crippen molar-refractivity contribution in [2.24, 2.45) is 0 Å². The standard InChI is InChI=1S/C19H21BrN4O3/c1-19(2,26)8-7-12-10-24-11-14(15(27-3)9-17(24)21-12)23-18(25)13-5-4-6-16(20)22-13/h4-6,9-11,26H,7-8H2,1-3H3,(H,23,25). The molecule has 0 atom stereocenters. The van der Waals surface area contributed by atoms with Gasteiger partial charge in [-0.3, -0.25) is 4.79 Å². The Balaban J connectivity index is 1.87. The largest absolute Gasteiger partial charge is 0.494 e. The quantitative estimate of drug-likeness (QED) is 0.582. The maximum Gasteiger partial charge on any atom is 0.274 e. The number of fused-ring (bicyclic) bond motifs is 1. The molecule has 8 heteroatoms. The number of nitrogens with zero attached hydrogens (tertiary/aromatic N) is 3. The van der Waals surface area contributed by atoms with Gasteiger partial charge in [-0.25, -0.2) is 9.97 Å². The highest BCUT2D eigenvalue weighted by atomic mass is 79.9. The van der Waals surface area contributed by atoms with Crippen molar-refractivity contribution in [2.45, 2.75) is 32.3 Å². The minimum atomic E-state index is -0.746. The van der Waals surface area contributed by atoms with Crippen molar-refractivity contribution < 1.29 is 14.6 Å². The van der Waals surface area contributed by atoms with Crippen LogP contribution >= 0.6 is 15.9 Å². The van der Waals surface area contributed by atoms with Crippen LogP contribution in [-0.2, 0) is 6.42 Å². The van der Waals surface area contributed by atoms with Crippen LogP contribution in [-0.4, -0.2) is 38.1 Å². The number of anilines is 1. The third-order valence-electron chi connectivity index (χ3n) is 4.01. The first kappa shape index (κ1) is 19.3. The Kier molecular flexibility index (Phi) is 5.48. The lowest BCUT2D eigenvalue weighted by molar-refractivity contribution is 0.0711. The van der Waals surface area contributed by atoms with Crippen molar-refractivity contribution in [3.63, 3.8) is 0 Å². The van der Waals surface area contributed by atoms with E-state index in [0.29, 0.717) is 40.2 Å². The third kappa shape index (κ3) is 4.84. The molecule has 0 unspecified atom stereocenters. The second-order valence-corrected chi connectivity index (χ2v) is 7.68. The van der Waals surface area contributed by atoms with E-state index in [-0.39, 0.29) is 5.91 Å². The van der Waals surface area contributed by atoms with Crippen molar-refractivity contribution in [3.8, 4) is 5.75 Å². The monoisotopic (exact) mass is 432 g/mol. The van der Waals surface area contributed by atoms with E-state index in [0.717, 1.165) is 5.69 Å². The molecule has 0 aliphatic carbocycles. The molecule has 7 nitrogen and oxygen atoms in total. The molecule has 27 heavy (non-hydrogen) atoms. The highest BCUT2D eigenvalue weighted by Gasteiger charge is 2.16. The van der Waals surface area contributed by atoms with E-state index < -0.39 is 5.60 Å². The molecule has 3 aromatic rings. The van der Waals surface area contributed by atoms with Crippen molar-refractivity contribution in [1.29, 1.82) is 0 Å². The lowest BCUT2D eigenvalue weighted by Gasteiger charge is -2.15. The van der Waals surface area contributed by atoms with E-state index in [2.05, 4.69) is 31.2 Å². The van der Waals surface area contributed by atoms with Crippen LogP contribution in [0.25, 0.3) is 5.65 Å². The third-order valence-corrected chi connectivity index (χ3v) is 4.46. The lowest BCUT2D eigenvalue weighted by atomic mass is 10.0. The van der Waals surface area contributed by atoms with Gasteiger partial charge in [-0.15, -0.1) is 0 Å². The van der Waals surface area contributed by atoms with E-state index in [1.165, 1.54) is 7.11 Å². The smallest absolute Gasteiger partial charge is 0.274 e. The maximum atomic E-state index is 12.5. The molecular weight excluding hydrogens is 412 g/mol. The fourth-order valence-corrected chi connectivity index (χ4v) is 2.95. The van der Waals surface area contributed by atoms with Gasteiger partial charge in [0.1, 0.15) is 27.4 Å². The van der Waals surface area contributed by atoms with Crippen LogP contribution in [0.3, 0.4) is 0 Å². The number of hydrogen-bond donors (Lipinski definition) is 2. The summed E-state index contributed by atoms with van der Waals surface area (Å²) in [6, 6.07) is 6.90. The summed E-state index contributed by atoms with van der Waals surface area (Å²) < 4.78 is 7.81. The zero-order valence-corrected chi connectivity index (χ0v) is 16.9. The van der Waals surface area contributed by atoms with Crippen LogP contribution in [0.1, 0.15) is 36.5 Å². The van der Waals surface area contributed by atoms with Gasteiger partial charge in [0.2, 0.25) is 0 Å². The Morgan fingerprint density at radius 3 is 2.78 bits per heavy atom. The van der Waals surface area contributed by atoms with Gasteiger partial charge in [-0.2, -0.15) is 0 Å². The molecule has 1 amide bonds. The van der Waals surface area contributed by atoms with Gasteiger partial charge < -0.3 is 19.6 Å². The number of aryl methyl sites for hydroxylation is 1. The van der Waals surface area contributed by atoms with Gasteiger partial charge in [0.15, 0.2) is 0 Å². The number of hydrogen-bond acceptors (Lipinski definition) is 5. The Morgan fingerprint density at radius 1 is 1.33 bits per heavy atom. The second kappa shape index (κ2) is 7.66. The molecule has 3 heterocycles. The Bertz CT molecular complexity index is 979. The van der Waals surface area contributed by atoms with Crippen molar-refractivity contribution in [3.05, 3.63) is 52.7 Å². The van der Waals surface area contributed by atoms with Crippen molar-refractivity contribution in [1.82, 2.24) is 14.4 Å². The summed E-state index contributed by atoms with van der Waals surface area (Å²) in [4.78, 5) is 21.2.